The van der Waals surface area contributed by atoms with Crippen LogP contribution in [0.3, 0.4) is 0 Å². The topological polar surface area (TPSA) is 339 Å². The molecule has 0 radical (unpaired) electrons. The van der Waals surface area contributed by atoms with Gasteiger partial charge < -0.3 is 62.6 Å². The molecule has 1 aliphatic heterocycles. The normalized spacial score (nSPS) is 14.6. The number of rotatable bonds is 51. The first-order chi connectivity index (χ1) is 48.3. The quantitative estimate of drug-likeness (QED) is 0.0185. The molecule has 2 heterocycles. The third kappa shape index (κ3) is 31.8. The van der Waals surface area contributed by atoms with Gasteiger partial charge in [0.15, 0.2) is 0 Å². The van der Waals surface area contributed by atoms with E-state index in [0.717, 1.165) is 31.2 Å². The number of amides is 9. The zero-order valence-corrected chi connectivity index (χ0v) is 59.7. The van der Waals surface area contributed by atoms with Gasteiger partial charge in [-0.15, -0.1) is 0 Å². The van der Waals surface area contributed by atoms with Crippen molar-refractivity contribution in [3.8, 4) is 0 Å². The fraction of sp³-hybridized carbons (Fsp3) is 0.597. The zero-order chi connectivity index (χ0) is 72.3. The number of nitrogens with zero attached hydrogens (tertiary/aromatic N) is 2. The van der Waals surface area contributed by atoms with Gasteiger partial charge in [0.05, 0.1) is 12.4 Å². The van der Waals surface area contributed by atoms with Gasteiger partial charge in [-0.1, -0.05) is 195 Å². The Hall–Kier alpha value is -8.47. The number of imidazole rings is 1. The average Bonchev–Trinajstić information content (AvgIpc) is 1.36. The number of carbonyl (C=O) groups excluding carboxylic acids is 9. The van der Waals surface area contributed by atoms with E-state index in [2.05, 4.69) is 59.4 Å². The summed E-state index contributed by atoms with van der Waals surface area (Å²) in [4.78, 5) is 147. The highest BCUT2D eigenvalue weighted by atomic mass is 16.4. The summed E-state index contributed by atoms with van der Waals surface area (Å²) in [6.45, 7) is 8.45. The van der Waals surface area contributed by atoms with Gasteiger partial charge in [-0.2, -0.15) is 0 Å². The molecule has 1 fully saturated rings. The van der Waals surface area contributed by atoms with Crippen LogP contribution in [0.5, 0.6) is 0 Å². The van der Waals surface area contributed by atoms with Crippen LogP contribution in [0.25, 0.3) is 0 Å². The number of aryl methyl sites for hydroxylation is 1. The van der Waals surface area contributed by atoms with Gasteiger partial charge in [0.1, 0.15) is 36.3 Å². The Bertz CT molecular complexity index is 3020. The van der Waals surface area contributed by atoms with Crippen molar-refractivity contribution in [2.24, 2.45) is 5.92 Å². The number of aliphatic carboxylic acids is 1. The van der Waals surface area contributed by atoms with Crippen LogP contribution in [0.2, 0.25) is 0 Å². The molecular formula is C77H115N11O12. The van der Waals surface area contributed by atoms with Gasteiger partial charge >= 0.3 is 5.97 Å². The highest BCUT2D eigenvalue weighted by Gasteiger charge is 2.44. The van der Waals surface area contributed by atoms with Crippen LogP contribution in [0.4, 0.5) is 0 Å². The Morgan fingerprint density at radius 1 is 0.530 bits per heavy atom. The highest BCUT2D eigenvalue weighted by Crippen LogP contribution is 2.32. The van der Waals surface area contributed by atoms with Crippen LogP contribution in [0.1, 0.15) is 229 Å². The predicted octanol–water partition coefficient (Wildman–Crippen LogP) is 8.68. The standard InChI is InChI=1S/C77H115N11O12/c1-5-6-7-8-9-10-11-12-13-14-15-16-27-43-65(90)79-47-30-20-28-44-66(91)80-48-31-29-41-61(72(95)81-49-32-36-57-34-21-17-22-35-57)84-75(98)64-42-33-50-88(64)77(100)71(69(58-37-23-18-24-38-58)59-39-25-19-26-40-59)87-74(97)63(52-60-53-78-54-82-60)85-76(99)70(56(4)89)86-73(96)62(45-46-68(93)94)83-67(92)51-55(2)3/h17-19,21-26,34-35,37-40,53-56,61-64,69-71,89H,5-16,20,27-33,36,41-52H2,1-4H3,(H,78,82)(H,79,90)(H,80,91)(H,81,95)(H,83,92)(H,84,98)(H,85,99)(H,86,96)(H,87,97)(H,93,94)/t56-,61+,62+,63+,64+,70+,71+/m1/s1. The van der Waals surface area contributed by atoms with Crippen molar-refractivity contribution >= 4 is 59.1 Å². The van der Waals surface area contributed by atoms with E-state index in [0.29, 0.717) is 87.8 Å². The fourth-order valence-corrected chi connectivity index (χ4v) is 12.6. The molecule has 550 valence electrons. The van der Waals surface area contributed by atoms with Gasteiger partial charge in [-0.3, -0.25) is 47.9 Å². The fourth-order valence-electron chi connectivity index (χ4n) is 12.6. The zero-order valence-electron chi connectivity index (χ0n) is 59.7. The van der Waals surface area contributed by atoms with E-state index >= 15 is 9.59 Å². The molecule has 1 aliphatic rings. The average molecular weight is 1390 g/mol. The molecule has 0 spiro atoms. The number of aliphatic hydroxyl groups is 1. The number of likely N-dealkylation sites (tertiary alicyclic amines) is 1. The Balaban J connectivity index is 1.24. The molecule has 5 rings (SSSR count). The second kappa shape index (κ2) is 47.6. The third-order valence-corrected chi connectivity index (χ3v) is 18.2. The molecule has 100 heavy (non-hydrogen) atoms. The SMILES string of the molecule is CCCCCCCCCCCCCCCC(=O)NCCCCCC(=O)NCCCC[C@H](NC(=O)[C@@H]1CCCN1C(=O)[C@@H](NC(=O)[C@H](Cc1cnc[nH]1)NC(=O)[C@@H](NC(=O)[C@H](CCC(=O)O)NC(=O)CC(C)C)[C@@H](C)O)C(c1ccccc1)c1ccccc1)C(=O)NCCCc1ccccc1. The van der Waals surface area contributed by atoms with Crippen LogP contribution in [0.15, 0.2) is 104 Å². The molecule has 23 heteroatoms. The van der Waals surface area contributed by atoms with Crippen LogP contribution >= 0.6 is 0 Å². The summed E-state index contributed by atoms with van der Waals surface area (Å²) in [7, 11) is 0. The number of aliphatic hydroxyl groups excluding tert-OH is 1. The molecule has 7 atom stereocenters. The van der Waals surface area contributed by atoms with Crippen molar-refractivity contribution < 1.29 is 58.2 Å². The maximum Gasteiger partial charge on any atom is 0.303 e. The van der Waals surface area contributed by atoms with Crippen LogP contribution in [0, 0.1) is 5.92 Å². The van der Waals surface area contributed by atoms with Crippen molar-refractivity contribution in [1.29, 1.82) is 0 Å². The molecule has 3 aromatic carbocycles. The Kier molecular flexibility index (Phi) is 39.1. The monoisotopic (exact) mass is 1390 g/mol. The summed E-state index contributed by atoms with van der Waals surface area (Å²) in [5.74, 6) is -7.19. The molecule has 0 saturated carbocycles. The van der Waals surface area contributed by atoms with Gasteiger partial charge in [0, 0.05) is 76.1 Å². The number of hydrogen-bond donors (Lipinski definition) is 11. The van der Waals surface area contributed by atoms with Crippen LogP contribution in [-0.4, -0.2) is 153 Å². The number of hydrogen-bond acceptors (Lipinski definition) is 12. The predicted molar refractivity (Wildman–Crippen MR) is 386 cm³/mol. The van der Waals surface area contributed by atoms with E-state index in [9.17, 15) is 48.6 Å². The molecule has 11 N–H and O–H groups in total. The lowest BCUT2D eigenvalue weighted by Crippen LogP contribution is -2.62. The molecule has 1 aromatic heterocycles. The summed E-state index contributed by atoms with van der Waals surface area (Å²) in [6, 6.07) is 19.7. The highest BCUT2D eigenvalue weighted by molar-refractivity contribution is 5.98. The Morgan fingerprint density at radius 3 is 1.60 bits per heavy atom. The molecule has 0 bridgehead atoms. The van der Waals surface area contributed by atoms with Crippen LogP contribution in [-0.2, 0) is 60.8 Å². The number of carbonyl (C=O) groups is 10. The van der Waals surface area contributed by atoms with E-state index in [1.807, 2.05) is 66.7 Å². The summed E-state index contributed by atoms with van der Waals surface area (Å²) in [5, 5.41) is 43.1. The molecule has 0 unspecified atom stereocenters. The first-order valence-corrected chi connectivity index (χ1v) is 37.0. The molecule has 23 nitrogen and oxygen atoms in total. The number of unbranched alkanes of at least 4 members (excludes halogenated alkanes) is 15. The van der Waals surface area contributed by atoms with Crippen molar-refractivity contribution in [2.75, 3.05) is 26.2 Å². The maximum absolute atomic E-state index is 15.8. The number of aromatic nitrogens is 2. The van der Waals surface area contributed by atoms with E-state index in [4.69, 9.17) is 0 Å². The molecule has 0 aliphatic carbocycles. The number of benzene rings is 3. The number of aromatic amines is 1. The van der Waals surface area contributed by atoms with Gasteiger partial charge in [-0.05, 0) is 100 Å². The number of carboxylic acids is 1. The third-order valence-electron chi connectivity index (χ3n) is 18.2. The molecule has 9 amide bonds. The van der Waals surface area contributed by atoms with Crippen molar-refractivity contribution in [3.05, 3.63) is 126 Å². The first kappa shape index (κ1) is 82.2. The van der Waals surface area contributed by atoms with Crippen molar-refractivity contribution in [3.63, 3.8) is 0 Å². The summed E-state index contributed by atoms with van der Waals surface area (Å²) in [5.41, 5.74) is 2.75. The number of H-pyrrole nitrogens is 1. The van der Waals surface area contributed by atoms with E-state index in [1.165, 1.54) is 95.0 Å². The van der Waals surface area contributed by atoms with Gasteiger partial charge in [0.25, 0.3) is 0 Å². The number of nitrogens with one attached hydrogen (secondary N) is 9. The summed E-state index contributed by atoms with van der Waals surface area (Å²) >= 11 is 0. The Morgan fingerprint density at radius 2 is 1.05 bits per heavy atom. The molecule has 4 aromatic rings. The van der Waals surface area contributed by atoms with Gasteiger partial charge in [-0.25, -0.2) is 4.98 Å². The minimum absolute atomic E-state index is 0.0265. The first-order valence-electron chi connectivity index (χ1n) is 37.0. The second-order valence-electron chi connectivity index (χ2n) is 27.1. The van der Waals surface area contributed by atoms with Crippen LogP contribution < -0.4 is 42.5 Å². The summed E-state index contributed by atoms with van der Waals surface area (Å²) in [6.07, 6.45) is 22.9. The largest absolute Gasteiger partial charge is 0.481 e. The van der Waals surface area contributed by atoms with E-state index in [-0.39, 0.29) is 56.4 Å². The molecule has 1 saturated heterocycles. The van der Waals surface area contributed by atoms with E-state index in [1.54, 1.807) is 38.1 Å². The van der Waals surface area contributed by atoms with Gasteiger partial charge in [0.2, 0.25) is 53.2 Å². The minimum atomic E-state index is -1.73. The lowest BCUT2D eigenvalue weighted by Gasteiger charge is -2.35. The second-order valence-corrected chi connectivity index (χ2v) is 27.1. The molecular weight excluding hydrogens is 1270 g/mol. The lowest BCUT2D eigenvalue weighted by molar-refractivity contribution is -0.143. The number of carboxylic acid groups (broad SMARTS) is 1. The van der Waals surface area contributed by atoms with Crippen molar-refractivity contribution in [1.82, 2.24) is 57.4 Å². The lowest BCUT2D eigenvalue weighted by atomic mass is 9.84. The Labute approximate surface area is 592 Å². The van der Waals surface area contributed by atoms with Crippen molar-refractivity contribution in [2.45, 2.75) is 262 Å². The minimum Gasteiger partial charge on any atom is -0.481 e. The smallest absolute Gasteiger partial charge is 0.303 e. The summed E-state index contributed by atoms with van der Waals surface area (Å²) < 4.78 is 0. The maximum atomic E-state index is 15.8. The van der Waals surface area contributed by atoms with E-state index < -0.39 is 102 Å².